The number of carbonyl (C=O) groups excluding carboxylic acids is 1. The van der Waals surface area contributed by atoms with E-state index in [0.29, 0.717) is 50.5 Å². The molecule has 9 heteroatoms. The van der Waals surface area contributed by atoms with Crippen LogP contribution in [0.1, 0.15) is 15.9 Å². The van der Waals surface area contributed by atoms with Crippen molar-refractivity contribution in [2.45, 2.75) is 11.3 Å². The first-order chi connectivity index (χ1) is 17.0. The molecule has 180 valence electrons. The highest BCUT2D eigenvalue weighted by Gasteiger charge is 2.26. The average molecular weight is 491 g/mol. The average Bonchev–Trinajstić information content (AvgIpc) is 3.33. The largest absolute Gasteiger partial charge is 0.379 e. The van der Waals surface area contributed by atoms with E-state index < -0.39 is 10.0 Å². The normalized spacial score (nSPS) is 14.7. The summed E-state index contributed by atoms with van der Waals surface area (Å²) < 4.78 is 34.1. The van der Waals surface area contributed by atoms with Gasteiger partial charge in [0.1, 0.15) is 5.65 Å². The molecule has 8 nitrogen and oxygen atoms in total. The van der Waals surface area contributed by atoms with E-state index in [4.69, 9.17) is 4.74 Å². The lowest BCUT2D eigenvalue weighted by Gasteiger charge is -2.26. The van der Waals surface area contributed by atoms with Crippen LogP contribution >= 0.6 is 0 Å². The van der Waals surface area contributed by atoms with Crippen molar-refractivity contribution < 1.29 is 17.9 Å². The van der Waals surface area contributed by atoms with E-state index in [1.54, 1.807) is 36.4 Å². The van der Waals surface area contributed by atoms with Gasteiger partial charge >= 0.3 is 0 Å². The summed E-state index contributed by atoms with van der Waals surface area (Å²) in [4.78, 5) is 17.6. The Labute approximate surface area is 204 Å². The molecule has 2 aromatic carbocycles. The first-order valence-corrected chi connectivity index (χ1v) is 12.9. The predicted molar refractivity (Wildman–Crippen MR) is 133 cm³/mol. The minimum atomic E-state index is -3.51. The smallest absolute Gasteiger partial charge is 0.251 e. The number of nitrogens with zero attached hydrogens (tertiary/aromatic N) is 3. The Kier molecular flexibility index (Phi) is 6.63. The molecule has 1 aliphatic rings. The lowest BCUT2D eigenvalue weighted by Crippen LogP contribution is -2.40. The van der Waals surface area contributed by atoms with Gasteiger partial charge in [0.05, 0.1) is 23.8 Å². The lowest BCUT2D eigenvalue weighted by molar-refractivity contribution is 0.0730. The lowest BCUT2D eigenvalue weighted by atomic mass is 10.1. The maximum atomic E-state index is 12.7. The number of aromatic nitrogens is 2. The van der Waals surface area contributed by atoms with Gasteiger partial charge in [0.15, 0.2) is 0 Å². The summed E-state index contributed by atoms with van der Waals surface area (Å²) in [5.74, 6) is -0.178. The van der Waals surface area contributed by atoms with Gasteiger partial charge in [-0.1, -0.05) is 42.5 Å². The molecule has 1 saturated heterocycles. The Hall–Kier alpha value is -3.53. The van der Waals surface area contributed by atoms with E-state index in [1.165, 1.54) is 4.31 Å². The van der Waals surface area contributed by atoms with Gasteiger partial charge in [-0.05, 0) is 36.2 Å². The number of rotatable bonds is 7. The zero-order chi connectivity index (χ0) is 24.3. The summed E-state index contributed by atoms with van der Waals surface area (Å²) in [6, 6.07) is 20.3. The van der Waals surface area contributed by atoms with Crippen LogP contribution in [0.15, 0.2) is 84.0 Å². The number of hydrogen-bond acceptors (Lipinski definition) is 5. The number of carbonyl (C=O) groups is 1. The topological polar surface area (TPSA) is 93.0 Å². The molecule has 1 N–H and O–H groups in total. The molecule has 4 aromatic rings. The fraction of sp³-hybridized carbons (Fsp3) is 0.231. The van der Waals surface area contributed by atoms with Crippen molar-refractivity contribution in [3.63, 3.8) is 0 Å². The Balaban J connectivity index is 1.19. The third-order valence-corrected chi connectivity index (χ3v) is 7.94. The number of fused-ring (bicyclic) bond motifs is 1. The van der Waals surface area contributed by atoms with Gasteiger partial charge in [-0.25, -0.2) is 13.4 Å². The molecule has 0 atom stereocenters. The number of amides is 1. The standard InChI is InChI=1S/C26H26N4O4S/c31-26(22-11-13-29-19-24(28-25(29)18-22)21-4-2-1-3-5-21)27-12-10-20-6-8-23(9-7-20)35(32,33)30-14-16-34-17-15-30/h1-9,11,13,18-19H,10,12,14-17H2,(H,27,31). The minimum Gasteiger partial charge on any atom is -0.379 e. The molecule has 2 aromatic heterocycles. The van der Waals surface area contributed by atoms with E-state index in [0.717, 1.165) is 16.8 Å². The van der Waals surface area contributed by atoms with Crippen LogP contribution in [0.4, 0.5) is 0 Å². The summed E-state index contributed by atoms with van der Waals surface area (Å²) in [6.07, 6.45) is 4.36. The Bertz CT molecular complexity index is 1430. The SMILES string of the molecule is O=C(NCCc1ccc(S(=O)(=O)N2CCOCC2)cc1)c1ccn2cc(-c3ccccc3)nc2c1. The van der Waals surface area contributed by atoms with E-state index >= 15 is 0 Å². The predicted octanol–water partition coefficient (Wildman–Crippen LogP) is 2.99. The molecular weight excluding hydrogens is 464 g/mol. The molecule has 35 heavy (non-hydrogen) atoms. The second kappa shape index (κ2) is 9.99. The Morgan fingerprint density at radius 3 is 2.49 bits per heavy atom. The molecule has 1 amide bonds. The number of imidazole rings is 1. The van der Waals surface area contributed by atoms with Crippen molar-refractivity contribution >= 4 is 21.6 Å². The van der Waals surface area contributed by atoms with Crippen LogP contribution in [-0.2, 0) is 21.2 Å². The number of pyridine rings is 1. The fourth-order valence-corrected chi connectivity index (χ4v) is 5.47. The summed E-state index contributed by atoms with van der Waals surface area (Å²) >= 11 is 0. The van der Waals surface area contributed by atoms with Crippen molar-refractivity contribution in [1.82, 2.24) is 19.0 Å². The van der Waals surface area contributed by atoms with Crippen molar-refractivity contribution in [2.75, 3.05) is 32.8 Å². The second-order valence-corrected chi connectivity index (χ2v) is 10.3. The highest BCUT2D eigenvalue weighted by molar-refractivity contribution is 7.89. The number of morpholine rings is 1. The molecule has 0 bridgehead atoms. The van der Waals surface area contributed by atoms with Crippen LogP contribution in [0, 0.1) is 0 Å². The number of nitrogens with one attached hydrogen (secondary N) is 1. The summed E-state index contributed by atoms with van der Waals surface area (Å²) in [5.41, 5.74) is 4.05. The number of ether oxygens (including phenoxy) is 1. The molecular formula is C26H26N4O4S. The van der Waals surface area contributed by atoms with E-state index in [2.05, 4.69) is 10.3 Å². The molecule has 0 radical (unpaired) electrons. The maximum Gasteiger partial charge on any atom is 0.251 e. The molecule has 1 fully saturated rings. The van der Waals surface area contributed by atoms with Crippen molar-refractivity contribution in [3.8, 4) is 11.3 Å². The maximum absolute atomic E-state index is 12.7. The van der Waals surface area contributed by atoms with Gasteiger partial charge in [0, 0.05) is 43.2 Å². The van der Waals surface area contributed by atoms with Gasteiger partial charge in [-0.15, -0.1) is 0 Å². The number of benzene rings is 2. The monoisotopic (exact) mass is 490 g/mol. The van der Waals surface area contributed by atoms with Gasteiger partial charge in [0.2, 0.25) is 10.0 Å². The van der Waals surface area contributed by atoms with Gasteiger partial charge < -0.3 is 14.5 Å². The van der Waals surface area contributed by atoms with Gasteiger partial charge in [-0.3, -0.25) is 4.79 Å². The van der Waals surface area contributed by atoms with Crippen LogP contribution in [-0.4, -0.2) is 60.9 Å². The van der Waals surface area contributed by atoms with Crippen LogP contribution < -0.4 is 5.32 Å². The number of sulfonamides is 1. The first kappa shape index (κ1) is 23.2. The van der Waals surface area contributed by atoms with Crippen molar-refractivity contribution in [3.05, 3.63) is 90.3 Å². The summed E-state index contributed by atoms with van der Waals surface area (Å²) in [7, 11) is -3.51. The molecule has 1 aliphatic heterocycles. The fourth-order valence-electron chi connectivity index (χ4n) is 4.06. The zero-order valence-corrected chi connectivity index (χ0v) is 19.9. The number of hydrogen-bond donors (Lipinski definition) is 1. The molecule has 5 rings (SSSR count). The van der Waals surface area contributed by atoms with Crippen LogP contribution in [0.3, 0.4) is 0 Å². The quantitative estimate of drug-likeness (QED) is 0.430. The summed E-state index contributed by atoms with van der Waals surface area (Å²) in [5, 5.41) is 2.93. The van der Waals surface area contributed by atoms with Gasteiger partial charge in [-0.2, -0.15) is 4.31 Å². The Morgan fingerprint density at radius 1 is 1.00 bits per heavy atom. The van der Waals surface area contributed by atoms with E-state index in [9.17, 15) is 13.2 Å². The highest BCUT2D eigenvalue weighted by atomic mass is 32.2. The molecule has 0 unspecified atom stereocenters. The molecule has 0 spiro atoms. The highest BCUT2D eigenvalue weighted by Crippen LogP contribution is 2.20. The van der Waals surface area contributed by atoms with Crippen molar-refractivity contribution in [1.29, 1.82) is 0 Å². The summed E-state index contributed by atoms with van der Waals surface area (Å²) in [6.45, 7) is 2.00. The third-order valence-electron chi connectivity index (χ3n) is 6.02. The van der Waals surface area contributed by atoms with Crippen LogP contribution in [0.25, 0.3) is 16.9 Å². The second-order valence-electron chi connectivity index (χ2n) is 8.34. The zero-order valence-electron chi connectivity index (χ0n) is 19.1. The molecule has 3 heterocycles. The third kappa shape index (κ3) is 5.12. The van der Waals surface area contributed by atoms with E-state index in [1.807, 2.05) is 47.1 Å². The van der Waals surface area contributed by atoms with Crippen LogP contribution in [0.2, 0.25) is 0 Å². The first-order valence-electron chi connectivity index (χ1n) is 11.5. The molecule has 0 saturated carbocycles. The Morgan fingerprint density at radius 2 is 1.74 bits per heavy atom. The van der Waals surface area contributed by atoms with Crippen molar-refractivity contribution in [2.24, 2.45) is 0 Å². The minimum absolute atomic E-state index is 0.178. The van der Waals surface area contributed by atoms with Crippen LogP contribution in [0.5, 0.6) is 0 Å². The molecule has 0 aliphatic carbocycles. The van der Waals surface area contributed by atoms with Gasteiger partial charge in [0.25, 0.3) is 5.91 Å². The van der Waals surface area contributed by atoms with E-state index in [-0.39, 0.29) is 10.8 Å².